The Balaban J connectivity index is 1.91. The van der Waals surface area contributed by atoms with Crippen molar-refractivity contribution in [2.24, 2.45) is 17.8 Å². The van der Waals surface area contributed by atoms with Crippen LogP contribution in [0.15, 0.2) is 24.3 Å². The predicted octanol–water partition coefficient (Wildman–Crippen LogP) is 2.11. The maximum atomic E-state index is 12.0. The summed E-state index contributed by atoms with van der Waals surface area (Å²) in [6.07, 6.45) is 0.143. The largest absolute Gasteiger partial charge is 0.461 e. The van der Waals surface area contributed by atoms with Gasteiger partial charge in [-0.25, -0.2) is 0 Å². The van der Waals surface area contributed by atoms with E-state index >= 15 is 0 Å². The molecule has 0 heterocycles. The van der Waals surface area contributed by atoms with Crippen LogP contribution in [0.4, 0.5) is 0 Å². The number of ether oxygens (including phenoxy) is 1. The number of Topliss-reactive ketones (excluding diaryl/α,β-unsaturated/α-hetero) is 1. The highest BCUT2D eigenvalue weighted by Crippen LogP contribution is 2.36. The number of nitrogens with zero attached hydrogens (tertiary/aromatic N) is 2. The molecule has 0 aromatic heterocycles. The summed E-state index contributed by atoms with van der Waals surface area (Å²) in [7, 11) is 0. The van der Waals surface area contributed by atoms with Gasteiger partial charge in [0.1, 0.15) is 12.4 Å². The summed E-state index contributed by atoms with van der Waals surface area (Å²) in [5.41, 5.74) is 1.24. The minimum Gasteiger partial charge on any atom is -0.461 e. The lowest BCUT2D eigenvalue weighted by atomic mass is 9.88. The van der Waals surface area contributed by atoms with E-state index in [9.17, 15) is 19.7 Å². The molecule has 0 bridgehead atoms. The normalized spacial score (nSPS) is 22.8. The molecule has 24 heavy (non-hydrogen) atoms. The number of benzene rings is 1. The summed E-state index contributed by atoms with van der Waals surface area (Å²) in [6.45, 7) is 1.54. The summed E-state index contributed by atoms with van der Waals surface area (Å²) in [5.74, 6) is -1.81. The average molecular weight is 330 g/mol. The Hall–Kier alpha value is -2.75. The third-order valence-corrected chi connectivity index (χ3v) is 4.41. The molecular formula is C17H18N2O5. The summed E-state index contributed by atoms with van der Waals surface area (Å²) >= 11 is 0. The molecule has 0 spiro atoms. The molecule has 0 aliphatic heterocycles. The van der Waals surface area contributed by atoms with Gasteiger partial charge in [-0.2, -0.15) is 5.26 Å². The van der Waals surface area contributed by atoms with E-state index in [2.05, 4.69) is 0 Å². The zero-order chi connectivity index (χ0) is 17.7. The van der Waals surface area contributed by atoms with Gasteiger partial charge >= 0.3 is 5.97 Å². The van der Waals surface area contributed by atoms with Crippen molar-refractivity contribution in [2.45, 2.75) is 26.4 Å². The fourth-order valence-electron chi connectivity index (χ4n) is 3.08. The summed E-state index contributed by atoms with van der Waals surface area (Å²) in [4.78, 5) is 34.3. The van der Waals surface area contributed by atoms with Gasteiger partial charge in [-0.05, 0) is 23.6 Å². The molecular weight excluding hydrogens is 312 g/mol. The molecule has 1 fully saturated rings. The summed E-state index contributed by atoms with van der Waals surface area (Å²) in [5, 5.41) is 19.5. The number of ketones is 1. The number of nitriles is 1. The van der Waals surface area contributed by atoms with E-state index in [-0.39, 0.29) is 37.7 Å². The van der Waals surface area contributed by atoms with Crippen LogP contribution in [0.1, 0.15) is 30.9 Å². The molecule has 7 heteroatoms. The highest BCUT2D eigenvalue weighted by molar-refractivity contribution is 5.87. The van der Waals surface area contributed by atoms with Gasteiger partial charge in [0.2, 0.25) is 6.54 Å². The van der Waals surface area contributed by atoms with Crippen molar-refractivity contribution in [2.75, 3.05) is 6.54 Å². The van der Waals surface area contributed by atoms with Crippen molar-refractivity contribution in [1.82, 2.24) is 0 Å². The van der Waals surface area contributed by atoms with Crippen LogP contribution in [0.2, 0.25) is 0 Å². The Bertz CT molecular complexity index is 677. The first kappa shape index (κ1) is 17.6. The lowest BCUT2D eigenvalue weighted by Gasteiger charge is -2.17. The molecule has 1 aromatic rings. The molecule has 0 N–H and O–H groups in total. The van der Waals surface area contributed by atoms with E-state index < -0.39 is 22.7 Å². The predicted molar refractivity (Wildman–Crippen MR) is 83.2 cm³/mol. The van der Waals surface area contributed by atoms with Crippen LogP contribution in [-0.4, -0.2) is 23.2 Å². The van der Waals surface area contributed by atoms with Crippen LogP contribution in [0.3, 0.4) is 0 Å². The number of carbonyl (C=O) groups excluding carboxylic acids is 2. The van der Waals surface area contributed by atoms with Gasteiger partial charge < -0.3 is 4.74 Å². The molecule has 3 atom stereocenters. The van der Waals surface area contributed by atoms with Crippen molar-refractivity contribution in [1.29, 1.82) is 5.26 Å². The van der Waals surface area contributed by atoms with Gasteiger partial charge in [0.25, 0.3) is 0 Å². The molecule has 2 rings (SSSR count). The van der Waals surface area contributed by atoms with Gasteiger partial charge in [0, 0.05) is 23.2 Å². The highest BCUT2D eigenvalue weighted by atomic mass is 16.6. The second-order valence-electron chi connectivity index (χ2n) is 6.11. The molecule has 0 saturated heterocycles. The minimum absolute atomic E-state index is 0.0426. The minimum atomic E-state index is -0.640. The Morgan fingerprint density at radius 2 is 2.08 bits per heavy atom. The first-order valence-electron chi connectivity index (χ1n) is 7.70. The highest BCUT2D eigenvalue weighted by Gasteiger charge is 2.43. The van der Waals surface area contributed by atoms with E-state index in [1.807, 2.05) is 6.07 Å². The van der Waals surface area contributed by atoms with Crippen LogP contribution in [-0.2, 0) is 20.9 Å². The van der Waals surface area contributed by atoms with E-state index in [1.54, 1.807) is 31.2 Å². The first-order valence-corrected chi connectivity index (χ1v) is 7.70. The van der Waals surface area contributed by atoms with Gasteiger partial charge in [-0.3, -0.25) is 19.7 Å². The molecule has 126 valence electrons. The van der Waals surface area contributed by atoms with Crippen LogP contribution in [0.25, 0.3) is 0 Å². The molecule has 1 aliphatic carbocycles. The Labute approximate surface area is 139 Å². The van der Waals surface area contributed by atoms with E-state index in [0.717, 1.165) is 5.56 Å². The summed E-state index contributed by atoms with van der Waals surface area (Å²) in [6, 6.07) is 8.61. The maximum Gasteiger partial charge on any atom is 0.306 e. The van der Waals surface area contributed by atoms with Gasteiger partial charge in [-0.15, -0.1) is 0 Å². The number of carbonyl (C=O) groups is 2. The average Bonchev–Trinajstić information content (AvgIpc) is 2.80. The molecule has 1 aromatic carbocycles. The van der Waals surface area contributed by atoms with Crippen LogP contribution >= 0.6 is 0 Å². The van der Waals surface area contributed by atoms with Crippen molar-refractivity contribution in [3.63, 3.8) is 0 Å². The third-order valence-electron chi connectivity index (χ3n) is 4.41. The lowest BCUT2D eigenvalue weighted by molar-refractivity contribution is -0.490. The van der Waals surface area contributed by atoms with Gasteiger partial charge in [0.05, 0.1) is 18.1 Å². The number of nitro groups is 1. The SMILES string of the molecule is C[C@@H]1CC(=O)[C@H](CC(=O)OCc2ccc(C#N)cc2)[C@@H]1C[N+](=O)[O-]. The number of hydrogen-bond donors (Lipinski definition) is 0. The number of rotatable bonds is 6. The second-order valence-corrected chi connectivity index (χ2v) is 6.11. The summed E-state index contributed by atoms with van der Waals surface area (Å²) < 4.78 is 5.16. The number of hydrogen-bond acceptors (Lipinski definition) is 6. The molecule has 0 amide bonds. The van der Waals surface area contributed by atoms with E-state index in [0.29, 0.717) is 5.56 Å². The molecule has 1 aliphatic rings. The topological polar surface area (TPSA) is 110 Å². The zero-order valence-electron chi connectivity index (χ0n) is 13.3. The Kier molecular flexibility index (Phi) is 5.64. The monoisotopic (exact) mass is 330 g/mol. The maximum absolute atomic E-state index is 12.0. The quantitative estimate of drug-likeness (QED) is 0.449. The third kappa shape index (κ3) is 4.38. The molecule has 7 nitrogen and oxygen atoms in total. The van der Waals surface area contributed by atoms with Crippen molar-refractivity contribution >= 4 is 11.8 Å². The fourth-order valence-corrected chi connectivity index (χ4v) is 3.08. The molecule has 0 radical (unpaired) electrons. The van der Waals surface area contributed by atoms with Crippen LogP contribution in [0.5, 0.6) is 0 Å². The van der Waals surface area contributed by atoms with E-state index in [1.165, 1.54) is 0 Å². The van der Waals surface area contributed by atoms with Gasteiger partial charge in [0.15, 0.2) is 0 Å². The Morgan fingerprint density at radius 3 is 2.67 bits per heavy atom. The van der Waals surface area contributed by atoms with Gasteiger partial charge in [-0.1, -0.05) is 19.1 Å². The second kappa shape index (κ2) is 7.68. The lowest BCUT2D eigenvalue weighted by Crippen LogP contribution is -2.27. The van der Waals surface area contributed by atoms with E-state index in [4.69, 9.17) is 10.00 Å². The van der Waals surface area contributed by atoms with Crippen LogP contribution in [0, 0.1) is 39.2 Å². The fraction of sp³-hybridized carbons (Fsp3) is 0.471. The molecule has 1 saturated carbocycles. The zero-order valence-corrected chi connectivity index (χ0v) is 13.3. The molecule has 0 unspecified atom stereocenters. The van der Waals surface area contributed by atoms with Crippen molar-refractivity contribution < 1.29 is 19.2 Å². The Morgan fingerprint density at radius 1 is 1.42 bits per heavy atom. The standard InChI is InChI=1S/C17H18N2O5/c1-11-6-16(20)14(15(11)9-19(22)23)7-17(21)24-10-13-4-2-12(8-18)3-5-13/h2-5,11,14-15H,6-7,9-10H2,1H3/t11-,14-,15-/m1/s1. The number of esters is 1. The first-order chi connectivity index (χ1) is 11.4. The van der Waals surface area contributed by atoms with Crippen molar-refractivity contribution in [3.05, 3.63) is 45.5 Å². The van der Waals surface area contributed by atoms with Crippen molar-refractivity contribution in [3.8, 4) is 6.07 Å². The smallest absolute Gasteiger partial charge is 0.306 e. The van der Waals surface area contributed by atoms with Crippen LogP contribution < -0.4 is 0 Å².